The Morgan fingerprint density at radius 3 is 2.52 bits per heavy atom. The van der Waals surface area contributed by atoms with Crippen LogP contribution in [-0.2, 0) is 4.79 Å². The number of nitrogens with two attached hydrogens (primary N) is 2. The predicted octanol–water partition coefficient (Wildman–Crippen LogP) is 1.01. The van der Waals surface area contributed by atoms with Gasteiger partial charge in [0.1, 0.15) is 0 Å². The van der Waals surface area contributed by atoms with Crippen LogP contribution in [0, 0.1) is 10.1 Å². The number of carbonyl (C=O) groups is 2. The highest BCUT2D eigenvalue weighted by Gasteiger charge is 2.20. The van der Waals surface area contributed by atoms with E-state index >= 15 is 0 Å². The van der Waals surface area contributed by atoms with Crippen LogP contribution in [0.5, 0.6) is 0 Å². The molecule has 0 aromatic heterocycles. The molecule has 1 unspecified atom stereocenters. The molecule has 0 bridgehead atoms. The summed E-state index contributed by atoms with van der Waals surface area (Å²) in [6.45, 7) is 2.15. The highest BCUT2D eigenvalue weighted by atomic mass is 35.5. The summed E-state index contributed by atoms with van der Waals surface area (Å²) in [4.78, 5) is 35.3. The molecule has 1 aromatic rings. The third kappa shape index (κ3) is 5.70. The highest BCUT2D eigenvalue weighted by molar-refractivity contribution is 8.00. The molecule has 1 atom stereocenters. The zero-order valence-corrected chi connectivity index (χ0v) is 14.4. The quantitative estimate of drug-likeness (QED) is 0.422. The molecule has 0 heterocycles. The Morgan fingerprint density at radius 2 is 2.04 bits per heavy atom. The number of amides is 2. The van der Waals surface area contributed by atoms with Crippen LogP contribution in [0.15, 0.2) is 23.1 Å². The number of carbonyl (C=O) groups excluding carboxylic acids is 2. The lowest BCUT2D eigenvalue weighted by molar-refractivity contribution is -0.387. The maximum atomic E-state index is 12.0. The third-order valence-corrected chi connectivity index (χ3v) is 4.23. The van der Waals surface area contributed by atoms with Crippen molar-refractivity contribution in [2.45, 2.75) is 17.9 Å². The van der Waals surface area contributed by atoms with Crippen molar-refractivity contribution in [3.05, 3.63) is 33.9 Å². The largest absolute Gasteiger partial charge is 0.366 e. The fourth-order valence-electron chi connectivity index (χ4n) is 1.58. The number of halogens is 1. The second kappa shape index (κ2) is 9.33. The van der Waals surface area contributed by atoms with Crippen LogP contribution >= 0.6 is 24.2 Å². The monoisotopic (exact) mass is 362 g/mol. The molecule has 10 heteroatoms. The van der Waals surface area contributed by atoms with Gasteiger partial charge in [0.25, 0.3) is 5.69 Å². The van der Waals surface area contributed by atoms with Gasteiger partial charge in [-0.15, -0.1) is 24.2 Å². The molecule has 128 valence electrons. The van der Waals surface area contributed by atoms with E-state index in [1.807, 2.05) is 6.92 Å². The molecule has 0 aliphatic rings. The van der Waals surface area contributed by atoms with E-state index in [4.69, 9.17) is 11.5 Å². The van der Waals surface area contributed by atoms with Gasteiger partial charge < -0.3 is 16.4 Å². The van der Waals surface area contributed by atoms with E-state index in [2.05, 4.69) is 0 Å². The first-order chi connectivity index (χ1) is 10.3. The van der Waals surface area contributed by atoms with E-state index < -0.39 is 10.8 Å². The summed E-state index contributed by atoms with van der Waals surface area (Å²) in [5, 5.41) is 11.1. The lowest BCUT2D eigenvalue weighted by atomic mass is 10.2. The molecule has 4 N–H and O–H groups in total. The number of hydrogen-bond acceptors (Lipinski definition) is 6. The molecule has 8 nitrogen and oxygen atoms in total. The average molecular weight is 363 g/mol. The molecule has 0 aliphatic heterocycles. The SMILES string of the molecule is CC(CN)N(C)C(=O)CSc1ccc(C(N)=O)cc1[N+](=O)[O-].Cl. The first-order valence-electron chi connectivity index (χ1n) is 6.44. The molecular formula is C13H19ClN4O4S. The number of hydrogen-bond donors (Lipinski definition) is 2. The molecule has 0 radical (unpaired) electrons. The van der Waals surface area contributed by atoms with E-state index in [9.17, 15) is 19.7 Å². The van der Waals surface area contributed by atoms with Crippen molar-refractivity contribution >= 4 is 41.7 Å². The van der Waals surface area contributed by atoms with Crippen molar-refractivity contribution in [3.8, 4) is 0 Å². The number of rotatable bonds is 7. The van der Waals surface area contributed by atoms with Crippen LogP contribution in [0.4, 0.5) is 5.69 Å². The summed E-state index contributed by atoms with van der Waals surface area (Å²) in [5.74, 6) is -0.888. The summed E-state index contributed by atoms with van der Waals surface area (Å²) >= 11 is 1.03. The number of thioether (sulfide) groups is 1. The number of nitrogens with zero attached hydrogens (tertiary/aromatic N) is 2. The second-order valence-corrected chi connectivity index (χ2v) is 5.70. The zero-order valence-electron chi connectivity index (χ0n) is 12.7. The summed E-state index contributed by atoms with van der Waals surface area (Å²) in [6.07, 6.45) is 0. The minimum absolute atomic E-state index is 0. The lowest BCUT2D eigenvalue weighted by Crippen LogP contribution is -2.40. The summed E-state index contributed by atoms with van der Waals surface area (Å²) in [7, 11) is 1.63. The standard InChI is InChI=1S/C13H18N4O4S.ClH/c1-8(6-14)16(2)12(18)7-22-11-4-3-9(13(15)19)5-10(11)17(20)21;/h3-5,8H,6-7,14H2,1-2H3,(H2,15,19);1H. The van der Waals surface area contributed by atoms with Gasteiger partial charge in [0.15, 0.2) is 0 Å². The van der Waals surface area contributed by atoms with Crippen molar-refractivity contribution in [1.29, 1.82) is 0 Å². The molecular weight excluding hydrogens is 344 g/mol. The number of benzene rings is 1. The van der Waals surface area contributed by atoms with Gasteiger partial charge in [0.2, 0.25) is 11.8 Å². The van der Waals surface area contributed by atoms with Gasteiger partial charge in [0, 0.05) is 31.3 Å². The lowest BCUT2D eigenvalue weighted by Gasteiger charge is -2.23. The minimum atomic E-state index is -0.743. The Bertz CT molecular complexity index is 599. The van der Waals surface area contributed by atoms with E-state index in [1.54, 1.807) is 7.05 Å². The smallest absolute Gasteiger partial charge is 0.283 e. The van der Waals surface area contributed by atoms with Crippen LogP contribution < -0.4 is 11.5 Å². The number of likely N-dealkylation sites (N-methyl/N-ethyl adjacent to an activating group) is 1. The van der Waals surface area contributed by atoms with Gasteiger partial charge in [-0.05, 0) is 19.1 Å². The second-order valence-electron chi connectivity index (χ2n) is 4.68. The van der Waals surface area contributed by atoms with Gasteiger partial charge in [-0.3, -0.25) is 19.7 Å². The highest BCUT2D eigenvalue weighted by Crippen LogP contribution is 2.30. The number of nitro benzene ring substituents is 1. The van der Waals surface area contributed by atoms with E-state index in [0.717, 1.165) is 17.8 Å². The van der Waals surface area contributed by atoms with Crippen molar-refractivity contribution in [2.75, 3.05) is 19.3 Å². The van der Waals surface area contributed by atoms with E-state index in [1.165, 1.54) is 17.0 Å². The Morgan fingerprint density at radius 1 is 1.43 bits per heavy atom. The molecule has 0 aliphatic carbocycles. The van der Waals surface area contributed by atoms with Crippen molar-refractivity contribution in [3.63, 3.8) is 0 Å². The van der Waals surface area contributed by atoms with Crippen LogP contribution in [0.3, 0.4) is 0 Å². The average Bonchev–Trinajstić information content (AvgIpc) is 2.50. The van der Waals surface area contributed by atoms with E-state index in [0.29, 0.717) is 11.4 Å². The topological polar surface area (TPSA) is 133 Å². The predicted molar refractivity (Wildman–Crippen MR) is 90.9 cm³/mol. The Hall–Kier alpha value is -1.84. The molecule has 0 spiro atoms. The normalized spacial score (nSPS) is 11.3. The zero-order chi connectivity index (χ0) is 16.9. The first-order valence-corrected chi connectivity index (χ1v) is 7.43. The van der Waals surface area contributed by atoms with Gasteiger partial charge in [-0.2, -0.15) is 0 Å². The Balaban J connectivity index is 0.00000484. The fourth-order valence-corrected chi connectivity index (χ4v) is 2.51. The van der Waals surface area contributed by atoms with Crippen molar-refractivity contribution < 1.29 is 14.5 Å². The van der Waals surface area contributed by atoms with Crippen molar-refractivity contribution in [1.82, 2.24) is 4.90 Å². The molecule has 0 fully saturated rings. The third-order valence-electron chi connectivity index (χ3n) is 3.19. The molecule has 1 rings (SSSR count). The molecule has 2 amide bonds. The fraction of sp³-hybridized carbons (Fsp3) is 0.385. The molecule has 23 heavy (non-hydrogen) atoms. The van der Waals surface area contributed by atoms with Crippen LogP contribution in [0.1, 0.15) is 17.3 Å². The Labute approximate surface area is 144 Å². The summed E-state index contributed by atoms with van der Waals surface area (Å²) < 4.78 is 0. The molecule has 0 saturated heterocycles. The summed E-state index contributed by atoms with van der Waals surface area (Å²) in [6, 6.07) is 3.82. The van der Waals surface area contributed by atoms with Gasteiger partial charge in [-0.1, -0.05) is 0 Å². The molecule has 1 aromatic carbocycles. The summed E-state index contributed by atoms with van der Waals surface area (Å²) in [5.41, 5.74) is 10.4. The minimum Gasteiger partial charge on any atom is -0.366 e. The maximum Gasteiger partial charge on any atom is 0.283 e. The Kier molecular flexibility index (Phi) is 8.59. The maximum absolute atomic E-state index is 12.0. The van der Waals surface area contributed by atoms with Gasteiger partial charge in [0.05, 0.1) is 15.6 Å². The van der Waals surface area contributed by atoms with Crippen LogP contribution in [0.2, 0.25) is 0 Å². The number of primary amides is 1. The van der Waals surface area contributed by atoms with Crippen LogP contribution in [-0.4, -0.2) is 47.0 Å². The van der Waals surface area contributed by atoms with Crippen LogP contribution in [0.25, 0.3) is 0 Å². The first kappa shape index (κ1) is 21.2. The van der Waals surface area contributed by atoms with Gasteiger partial charge >= 0.3 is 0 Å². The van der Waals surface area contributed by atoms with E-state index in [-0.39, 0.29) is 41.4 Å². The van der Waals surface area contributed by atoms with Crippen molar-refractivity contribution in [2.24, 2.45) is 11.5 Å². The van der Waals surface area contributed by atoms with Gasteiger partial charge in [-0.25, -0.2) is 0 Å². The number of nitro groups is 1. The molecule has 0 saturated carbocycles.